The van der Waals surface area contributed by atoms with E-state index >= 15 is 0 Å². The lowest BCUT2D eigenvalue weighted by atomic mass is 9.80. The van der Waals surface area contributed by atoms with Crippen LogP contribution in [0.15, 0.2) is 107 Å². The maximum absolute atomic E-state index is 14.3. The van der Waals surface area contributed by atoms with E-state index in [1.54, 1.807) is 14.2 Å². The van der Waals surface area contributed by atoms with Crippen LogP contribution in [0.3, 0.4) is 0 Å². The van der Waals surface area contributed by atoms with E-state index in [9.17, 15) is 25.0 Å². The lowest BCUT2D eigenvalue weighted by Crippen LogP contribution is -2.51. The Morgan fingerprint density at radius 1 is 0.881 bits per heavy atom. The molecule has 5 atom stereocenters. The van der Waals surface area contributed by atoms with Crippen LogP contribution in [0.4, 0.5) is 5.69 Å². The highest BCUT2D eigenvalue weighted by Crippen LogP contribution is 2.53. The van der Waals surface area contributed by atoms with Gasteiger partial charge in [0.2, 0.25) is 0 Å². The second-order valence-corrected chi connectivity index (χ2v) is 24.6. The summed E-state index contributed by atoms with van der Waals surface area (Å²) in [6.45, 7) is 18.5. The number of aromatic amines is 1. The maximum atomic E-state index is 14.3. The molecule has 1 saturated heterocycles. The van der Waals surface area contributed by atoms with Gasteiger partial charge in [-0.15, -0.1) is 0 Å². The lowest BCUT2D eigenvalue weighted by molar-refractivity contribution is -0.384. The van der Waals surface area contributed by atoms with E-state index in [0.29, 0.717) is 11.5 Å². The Morgan fingerprint density at radius 3 is 1.96 bits per heavy atom. The third-order valence-electron chi connectivity index (χ3n) is 12.4. The summed E-state index contributed by atoms with van der Waals surface area (Å²) in [7, 11) is -1.55. The van der Waals surface area contributed by atoms with E-state index in [1.165, 1.54) is 16.7 Å². The molecule has 1 fully saturated rings. The molecule has 1 aliphatic rings. The number of ether oxygens (including phenoxy) is 4. The molecule has 0 radical (unpaired) electrons. The quantitative estimate of drug-likeness (QED) is 0.0194. The van der Waals surface area contributed by atoms with Gasteiger partial charge < -0.3 is 32.4 Å². The highest BCUT2D eigenvalue weighted by molar-refractivity contribution is 7.44. The number of methoxy groups -OCH3 is 2. The van der Waals surface area contributed by atoms with Gasteiger partial charge in [-0.3, -0.25) is 24.5 Å². The van der Waals surface area contributed by atoms with Crippen molar-refractivity contribution in [3.8, 4) is 17.6 Å². The molecule has 5 aromatic rings. The number of nitro benzene ring substituents is 1. The van der Waals surface area contributed by atoms with Crippen LogP contribution in [-0.2, 0) is 28.5 Å². The molecule has 0 spiro atoms. The monoisotopic (exact) mass is 955 g/mol. The van der Waals surface area contributed by atoms with Crippen molar-refractivity contribution < 1.29 is 37.3 Å². The number of aromatic nitrogens is 2. The number of non-ortho nitro benzene ring substituents is 1. The van der Waals surface area contributed by atoms with Crippen molar-refractivity contribution in [3.63, 3.8) is 0 Å². The van der Waals surface area contributed by atoms with E-state index in [0.717, 1.165) is 22.8 Å². The van der Waals surface area contributed by atoms with Crippen LogP contribution in [0.1, 0.15) is 77.8 Å². The molecule has 1 unspecified atom stereocenters. The molecule has 0 aliphatic carbocycles. The predicted octanol–water partition coefficient (Wildman–Crippen LogP) is 9.57. The first-order chi connectivity index (χ1) is 31.8. The fraction of sp³-hybridized carbons (Fsp3) is 0.449. The zero-order valence-electron chi connectivity index (χ0n) is 40.0. The molecule has 16 nitrogen and oxygen atoms in total. The average molecular weight is 956 g/mol. The van der Waals surface area contributed by atoms with Crippen LogP contribution in [-0.4, -0.2) is 85.3 Å². The molecule has 0 amide bonds. The summed E-state index contributed by atoms with van der Waals surface area (Å²) in [4.78, 5) is 41.5. The molecule has 0 saturated carbocycles. The minimum absolute atomic E-state index is 0.0711. The Labute approximate surface area is 393 Å². The van der Waals surface area contributed by atoms with Crippen LogP contribution >= 0.6 is 8.53 Å². The number of hydrogen-bond acceptors (Lipinski definition) is 13. The number of nitrogens with zero attached hydrogens (tertiary/aromatic N) is 4. The Bertz CT molecular complexity index is 2570. The average Bonchev–Trinajstić information content (AvgIpc) is 3.61. The van der Waals surface area contributed by atoms with Crippen LogP contribution in [0.25, 0.3) is 10.9 Å². The summed E-state index contributed by atoms with van der Waals surface area (Å²) >= 11 is 0. The van der Waals surface area contributed by atoms with Gasteiger partial charge in [0, 0.05) is 24.2 Å². The first-order valence-electron chi connectivity index (χ1n) is 22.3. The first kappa shape index (κ1) is 51.1. The molecular formula is C49H62N5O11PSi. The van der Waals surface area contributed by atoms with Crippen molar-refractivity contribution in [2.24, 2.45) is 0 Å². The number of hydrogen-bond donors (Lipinski definition) is 1. The molecular weight excluding hydrogens is 894 g/mol. The first-order valence-corrected chi connectivity index (χ1v) is 26.3. The standard InChI is InChI=1S/C49H62N5O11PSi/c1-32(2)53(33(3)4)66(62-29-15-28-50)64-43-42(31-61-49(34-16-13-12-14-17-34,35-18-23-38(59-8)24-19-35)36-20-25-39(60-9)26-21-36)63-46(44(43)65-67(10,11)48(5,6)7)52-41-27-22-37(54(57)58)30-40(41)45(55)51-47(52)56/h12-14,16-27,30,32-33,42-44,46H,15,29,31H2,1-11H3,(H,51,55,56)/t42-,43-,44-,46-,66?/m1/s1. The summed E-state index contributed by atoms with van der Waals surface area (Å²) in [5.74, 6) is 1.30. The van der Waals surface area contributed by atoms with Crippen LogP contribution < -0.4 is 20.7 Å². The normalized spacial score (nSPS) is 18.4. The third-order valence-corrected chi connectivity index (χ3v) is 19.0. The van der Waals surface area contributed by atoms with Crippen molar-refractivity contribution in [2.75, 3.05) is 27.4 Å². The minimum atomic E-state index is -2.82. The largest absolute Gasteiger partial charge is 0.497 e. The van der Waals surface area contributed by atoms with E-state index in [4.69, 9.17) is 32.4 Å². The highest BCUT2D eigenvalue weighted by Gasteiger charge is 2.55. The smallest absolute Gasteiger partial charge is 0.331 e. The molecule has 1 N–H and O–H groups in total. The Kier molecular flexibility index (Phi) is 16.3. The lowest BCUT2D eigenvalue weighted by Gasteiger charge is -2.42. The van der Waals surface area contributed by atoms with Crippen molar-refractivity contribution >= 4 is 33.4 Å². The zero-order chi connectivity index (χ0) is 48.8. The van der Waals surface area contributed by atoms with Crippen LogP contribution in [0.2, 0.25) is 18.1 Å². The van der Waals surface area contributed by atoms with Gasteiger partial charge in [-0.1, -0.05) is 75.4 Å². The van der Waals surface area contributed by atoms with Gasteiger partial charge in [0.05, 0.1) is 55.7 Å². The number of H-pyrrole nitrogens is 1. The van der Waals surface area contributed by atoms with Gasteiger partial charge in [0.1, 0.15) is 35.4 Å². The van der Waals surface area contributed by atoms with Gasteiger partial charge in [0.15, 0.2) is 14.5 Å². The second-order valence-electron chi connectivity index (χ2n) is 18.4. The molecule has 1 aliphatic heterocycles. The van der Waals surface area contributed by atoms with Crippen molar-refractivity contribution in [1.29, 1.82) is 5.26 Å². The minimum Gasteiger partial charge on any atom is -0.497 e. The number of benzene rings is 4. The Morgan fingerprint density at radius 2 is 1.45 bits per heavy atom. The van der Waals surface area contributed by atoms with E-state index in [2.05, 4.69) is 49.6 Å². The number of rotatable bonds is 20. The molecule has 358 valence electrons. The summed E-state index contributed by atoms with van der Waals surface area (Å²) < 4.78 is 50.3. The number of nitriles is 1. The molecule has 4 aromatic carbocycles. The number of fused-ring (bicyclic) bond motifs is 1. The Hall–Kier alpha value is -5.28. The molecule has 2 heterocycles. The van der Waals surface area contributed by atoms with Crippen LogP contribution in [0.5, 0.6) is 11.5 Å². The summed E-state index contributed by atoms with van der Waals surface area (Å²) in [6, 6.07) is 30.8. The van der Waals surface area contributed by atoms with Gasteiger partial charge in [0.25, 0.3) is 19.8 Å². The van der Waals surface area contributed by atoms with Crippen LogP contribution in [0, 0.1) is 21.4 Å². The van der Waals surface area contributed by atoms with Crippen molar-refractivity contribution in [1.82, 2.24) is 14.2 Å². The van der Waals surface area contributed by atoms with E-state index in [-0.39, 0.29) is 53.3 Å². The fourth-order valence-corrected chi connectivity index (χ4v) is 11.2. The number of nitro groups is 1. The van der Waals surface area contributed by atoms with E-state index < -0.39 is 63.2 Å². The van der Waals surface area contributed by atoms with E-state index in [1.807, 2.05) is 107 Å². The highest BCUT2D eigenvalue weighted by atomic mass is 31.2. The van der Waals surface area contributed by atoms with Gasteiger partial charge in [-0.25, -0.2) is 9.46 Å². The summed E-state index contributed by atoms with van der Waals surface area (Å²) in [5, 5.41) is 21.1. The summed E-state index contributed by atoms with van der Waals surface area (Å²) in [6.07, 6.45) is -4.22. The summed E-state index contributed by atoms with van der Waals surface area (Å²) in [5.41, 5.74) is -0.795. The third kappa shape index (κ3) is 10.9. The van der Waals surface area contributed by atoms with Gasteiger partial charge in [-0.2, -0.15) is 5.26 Å². The SMILES string of the molecule is COc1ccc(C(OC[C@H]2O[C@@H](n3c(=O)[nH]c(=O)c4cc([N+](=O)[O-])ccc43)[C@H](O[Si](C)(C)C(C)(C)C)[C@@H]2OP(OCCC#N)N(C(C)C)C(C)C)(c2ccccc2)c2ccc(OC)cc2)cc1. The van der Waals surface area contributed by atoms with Crippen molar-refractivity contribution in [3.05, 3.63) is 145 Å². The number of nitrogens with one attached hydrogen (secondary N) is 1. The zero-order valence-corrected chi connectivity index (χ0v) is 41.9. The molecule has 18 heteroatoms. The maximum Gasteiger partial charge on any atom is 0.331 e. The second kappa shape index (κ2) is 21.3. The van der Waals surface area contributed by atoms with Gasteiger partial charge >= 0.3 is 5.69 Å². The predicted molar refractivity (Wildman–Crippen MR) is 260 cm³/mol. The topological polar surface area (TPSA) is 190 Å². The molecule has 1 aromatic heterocycles. The molecule has 67 heavy (non-hydrogen) atoms. The van der Waals surface area contributed by atoms with Crippen molar-refractivity contribution in [2.45, 2.75) is 115 Å². The molecule has 0 bridgehead atoms. The molecule has 6 rings (SSSR count). The van der Waals surface area contributed by atoms with Gasteiger partial charge in [-0.05, 0) is 92.8 Å². The Balaban J connectivity index is 1.62. The fourth-order valence-electron chi connectivity index (χ4n) is 8.12.